The van der Waals surface area contributed by atoms with Gasteiger partial charge in [-0.1, -0.05) is 23.7 Å². The van der Waals surface area contributed by atoms with Gasteiger partial charge in [0.25, 0.3) is 0 Å². The predicted octanol–water partition coefficient (Wildman–Crippen LogP) is 3.22. The summed E-state index contributed by atoms with van der Waals surface area (Å²) in [6, 6.07) is 13.1. The average molecular weight is 244 g/mol. The van der Waals surface area contributed by atoms with E-state index in [1.165, 1.54) is 0 Å². The molecule has 1 aromatic carbocycles. The highest BCUT2D eigenvalue weighted by Crippen LogP contribution is 2.23. The van der Waals surface area contributed by atoms with Gasteiger partial charge in [-0.15, -0.1) is 0 Å². The number of nitriles is 1. The van der Waals surface area contributed by atoms with E-state index in [1.807, 2.05) is 30.3 Å². The zero-order valence-electron chi connectivity index (χ0n) is 9.02. The van der Waals surface area contributed by atoms with Crippen molar-refractivity contribution in [3.8, 4) is 6.07 Å². The first-order valence-corrected chi connectivity index (χ1v) is 5.51. The molecule has 0 saturated carbocycles. The third kappa shape index (κ3) is 2.74. The molecule has 0 radical (unpaired) electrons. The minimum atomic E-state index is 0.457. The molecule has 1 heterocycles. The van der Waals surface area contributed by atoms with Gasteiger partial charge in [0.15, 0.2) is 0 Å². The fourth-order valence-electron chi connectivity index (χ4n) is 1.47. The van der Waals surface area contributed by atoms with E-state index in [0.717, 1.165) is 11.4 Å². The summed E-state index contributed by atoms with van der Waals surface area (Å²) in [7, 11) is 0. The van der Waals surface area contributed by atoms with Crippen molar-refractivity contribution in [3.63, 3.8) is 0 Å². The van der Waals surface area contributed by atoms with Crippen molar-refractivity contribution in [1.29, 1.82) is 5.26 Å². The number of pyridine rings is 1. The number of nitrogens with zero attached hydrogens (tertiary/aromatic N) is 2. The van der Waals surface area contributed by atoms with Gasteiger partial charge in [0.1, 0.15) is 6.07 Å². The molecule has 0 unspecified atom stereocenters. The smallest absolute Gasteiger partial charge is 0.103 e. The Kier molecular flexibility index (Phi) is 3.59. The van der Waals surface area contributed by atoms with Gasteiger partial charge < -0.3 is 5.32 Å². The van der Waals surface area contributed by atoms with E-state index in [-0.39, 0.29) is 0 Å². The fourth-order valence-corrected chi connectivity index (χ4v) is 1.69. The van der Waals surface area contributed by atoms with E-state index in [4.69, 9.17) is 16.9 Å². The van der Waals surface area contributed by atoms with Crippen LogP contribution >= 0.6 is 11.6 Å². The summed E-state index contributed by atoms with van der Waals surface area (Å²) in [6.45, 7) is 0.565. The number of rotatable bonds is 3. The molecule has 1 N–H and O–H groups in total. The summed E-state index contributed by atoms with van der Waals surface area (Å²) in [4.78, 5) is 4.19. The van der Waals surface area contributed by atoms with Crippen molar-refractivity contribution < 1.29 is 0 Å². The molecule has 0 aliphatic heterocycles. The van der Waals surface area contributed by atoms with Gasteiger partial charge in [-0.05, 0) is 24.3 Å². The number of anilines is 1. The normalized spacial score (nSPS) is 9.65. The van der Waals surface area contributed by atoms with Crippen molar-refractivity contribution in [2.45, 2.75) is 6.54 Å². The van der Waals surface area contributed by atoms with E-state index >= 15 is 0 Å². The first-order chi connectivity index (χ1) is 8.31. The van der Waals surface area contributed by atoms with Crippen molar-refractivity contribution >= 4 is 17.3 Å². The highest BCUT2D eigenvalue weighted by Gasteiger charge is 2.05. The number of benzene rings is 1. The standard InChI is InChI=1S/C13H10ClN3/c14-12-5-3-6-13(11(12)8-15)17-9-10-4-1-2-7-16-10/h1-7,17H,9H2. The summed E-state index contributed by atoms with van der Waals surface area (Å²) in [6.07, 6.45) is 1.74. The highest BCUT2D eigenvalue weighted by atomic mass is 35.5. The number of nitrogens with one attached hydrogen (secondary N) is 1. The van der Waals surface area contributed by atoms with Crippen molar-refractivity contribution in [3.05, 3.63) is 58.9 Å². The van der Waals surface area contributed by atoms with Gasteiger partial charge in [0.2, 0.25) is 0 Å². The molecule has 0 aliphatic carbocycles. The highest BCUT2D eigenvalue weighted by molar-refractivity contribution is 6.32. The van der Waals surface area contributed by atoms with Crippen LogP contribution in [0.2, 0.25) is 5.02 Å². The fraction of sp³-hybridized carbons (Fsp3) is 0.0769. The molecule has 1 aromatic heterocycles. The van der Waals surface area contributed by atoms with Crippen LogP contribution in [0.3, 0.4) is 0 Å². The van der Waals surface area contributed by atoms with E-state index in [9.17, 15) is 0 Å². The lowest BCUT2D eigenvalue weighted by Crippen LogP contribution is -2.02. The molecular formula is C13H10ClN3. The minimum absolute atomic E-state index is 0.457. The first-order valence-electron chi connectivity index (χ1n) is 5.13. The molecule has 0 amide bonds. The maximum absolute atomic E-state index is 9.01. The van der Waals surface area contributed by atoms with Crippen LogP contribution in [0.1, 0.15) is 11.3 Å². The van der Waals surface area contributed by atoms with Gasteiger partial charge >= 0.3 is 0 Å². The predicted molar refractivity (Wildman–Crippen MR) is 67.7 cm³/mol. The molecule has 0 atom stereocenters. The Morgan fingerprint density at radius 3 is 2.82 bits per heavy atom. The summed E-state index contributed by atoms with van der Waals surface area (Å²) < 4.78 is 0. The van der Waals surface area contributed by atoms with Crippen LogP contribution in [-0.2, 0) is 6.54 Å². The van der Waals surface area contributed by atoms with Gasteiger partial charge in [-0.3, -0.25) is 4.98 Å². The van der Waals surface area contributed by atoms with Crippen LogP contribution in [-0.4, -0.2) is 4.98 Å². The summed E-state index contributed by atoms with van der Waals surface area (Å²) in [5, 5.41) is 12.6. The first kappa shape index (κ1) is 11.4. The molecule has 2 rings (SSSR count). The van der Waals surface area contributed by atoms with E-state index < -0.39 is 0 Å². The second kappa shape index (κ2) is 5.33. The Bertz CT molecular complexity index is 546. The number of halogens is 1. The van der Waals surface area contributed by atoms with E-state index in [0.29, 0.717) is 17.1 Å². The number of aromatic nitrogens is 1. The monoisotopic (exact) mass is 243 g/mol. The van der Waals surface area contributed by atoms with Crippen LogP contribution in [0, 0.1) is 11.3 Å². The van der Waals surface area contributed by atoms with Crippen LogP contribution < -0.4 is 5.32 Å². The zero-order chi connectivity index (χ0) is 12.1. The van der Waals surface area contributed by atoms with Crippen LogP contribution in [0.25, 0.3) is 0 Å². The van der Waals surface area contributed by atoms with E-state index in [1.54, 1.807) is 12.3 Å². The summed E-state index contributed by atoms with van der Waals surface area (Å²) in [5.74, 6) is 0. The topological polar surface area (TPSA) is 48.7 Å². The van der Waals surface area contributed by atoms with Gasteiger partial charge in [0, 0.05) is 6.20 Å². The Labute approximate surface area is 105 Å². The molecule has 0 aliphatic rings. The Balaban J connectivity index is 2.15. The lowest BCUT2D eigenvalue weighted by Gasteiger charge is -2.08. The van der Waals surface area contributed by atoms with Gasteiger partial charge in [0.05, 0.1) is 28.5 Å². The Morgan fingerprint density at radius 2 is 2.12 bits per heavy atom. The van der Waals surface area contributed by atoms with Crippen LogP contribution in [0.15, 0.2) is 42.6 Å². The molecule has 3 nitrogen and oxygen atoms in total. The van der Waals surface area contributed by atoms with Gasteiger partial charge in [-0.2, -0.15) is 5.26 Å². The molecule has 0 bridgehead atoms. The molecule has 0 saturated heterocycles. The largest absolute Gasteiger partial charge is 0.378 e. The molecule has 4 heteroatoms. The Hall–Kier alpha value is -2.05. The second-order valence-electron chi connectivity index (χ2n) is 3.45. The van der Waals surface area contributed by atoms with Crippen LogP contribution in [0.4, 0.5) is 5.69 Å². The number of hydrogen-bond donors (Lipinski definition) is 1. The second-order valence-corrected chi connectivity index (χ2v) is 3.86. The number of hydrogen-bond acceptors (Lipinski definition) is 3. The summed E-state index contributed by atoms with van der Waals surface area (Å²) >= 11 is 5.93. The maximum atomic E-state index is 9.01. The van der Waals surface area contributed by atoms with Crippen LogP contribution in [0.5, 0.6) is 0 Å². The lowest BCUT2D eigenvalue weighted by atomic mass is 10.2. The molecule has 84 valence electrons. The zero-order valence-corrected chi connectivity index (χ0v) is 9.78. The van der Waals surface area contributed by atoms with Crippen molar-refractivity contribution in [1.82, 2.24) is 4.98 Å². The Morgan fingerprint density at radius 1 is 1.24 bits per heavy atom. The molecular weight excluding hydrogens is 234 g/mol. The molecule has 0 spiro atoms. The SMILES string of the molecule is N#Cc1c(Cl)cccc1NCc1ccccn1. The van der Waals surface area contributed by atoms with Gasteiger partial charge in [-0.25, -0.2) is 0 Å². The third-order valence-corrected chi connectivity index (χ3v) is 2.63. The van der Waals surface area contributed by atoms with Crippen molar-refractivity contribution in [2.75, 3.05) is 5.32 Å². The third-order valence-electron chi connectivity index (χ3n) is 2.31. The quantitative estimate of drug-likeness (QED) is 0.901. The molecule has 2 aromatic rings. The maximum Gasteiger partial charge on any atom is 0.103 e. The minimum Gasteiger partial charge on any atom is -0.378 e. The molecule has 17 heavy (non-hydrogen) atoms. The molecule has 0 fully saturated rings. The van der Waals surface area contributed by atoms with E-state index in [2.05, 4.69) is 16.4 Å². The lowest BCUT2D eigenvalue weighted by molar-refractivity contribution is 1.04. The average Bonchev–Trinajstić information content (AvgIpc) is 2.37. The van der Waals surface area contributed by atoms with Crippen molar-refractivity contribution in [2.24, 2.45) is 0 Å². The summed E-state index contributed by atoms with van der Waals surface area (Å²) in [5.41, 5.74) is 2.10.